The minimum atomic E-state index is -0.421. The maximum absolute atomic E-state index is 11.6. The maximum atomic E-state index is 11.6. The van der Waals surface area contributed by atoms with Crippen LogP contribution in [-0.4, -0.2) is 46.8 Å². The molecule has 0 spiro atoms. The number of ether oxygens (including phenoxy) is 1. The van der Waals surface area contributed by atoms with Crippen LogP contribution < -0.4 is 11.4 Å². The Morgan fingerprint density at radius 1 is 1.45 bits per heavy atom. The third-order valence-electron chi connectivity index (χ3n) is 2.78. The minimum Gasteiger partial charge on any atom is -0.400 e. The minimum absolute atomic E-state index is 0.0298. The van der Waals surface area contributed by atoms with E-state index in [1.54, 1.807) is 12.3 Å². The van der Waals surface area contributed by atoms with E-state index in [-0.39, 0.29) is 30.7 Å². The molecule has 0 amide bonds. The highest BCUT2D eigenvalue weighted by atomic mass is 19.1. The number of hydrogen-bond donors (Lipinski definition) is 3. The molecule has 22 heavy (non-hydrogen) atoms. The zero-order valence-electron chi connectivity index (χ0n) is 13.9. The summed E-state index contributed by atoms with van der Waals surface area (Å²) in [6.07, 6.45) is 1.74. The third kappa shape index (κ3) is 6.50. The lowest BCUT2D eigenvalue weighted by Gasteiger charge is -2.17. The molecule has 8 heteroatoms. The van der Waals surface area contributed by atoms with Crippen molar-refractivity contribution in [2.75, 3.05) is 26.6 Å². The summed E-state index contributed by atoms with van der Waals surface area (Å²) in [7, 11) is 1.50. The summed E-state index contributed by atoms with van der Waals surface area (Å²) in [5.41, 5.74) is 4.99. The number of rotatable bonds is 2. The fourth-order valence-corrected chi connectivity index (χ4v) is 1.99. The van der Waals surface area contributed by atoms with Gasteiger partial charge in [0.05, 0.1) is 19.9 Å². The number of hydrogen-bond acceptors (Lipinski definition) is 6. The molecule has 1 aliphatic heterocycles. The Labute approximate surface area is 130 Å². The topological polar surface area (TPSA) is 111 Å². The summed E-state index contributed by atoms with van der Waals surface area (Å²) in [6, 6.07) is 1.56. The quantitative estimate of drug-likeness (QED) is 0.748. The summed E-state index contributed by atoms with van der Waals surface area (Å²) in [5, 5.41) is 16.0. The first-order valence-electron chi connectivity index (χ1n) is 7.05. The first kappa shape index (κ1) is 22.8. The summed E-state index contributed by atoms with van der Waals surface area (Å²) in [5.74, 6) is 0.367. The van der Waals surface area contributed by atoms with E-state index >= 15 is 0 Å². The van der Waals surface area contributed by atoms with Crippen molar-refractivity contribution in [1.29, 1.82) is 0 Å². The molecule has 1 saturated heterocycles. The molecule has 3 atom stereocenters. The van der Waals surface area contributed by atoms with Gasteiger partial charge < -0.3 is 20.7 Å². The zero-order valence-corrected chi connectivity index (χ0v) is 13.9. The molecule has 0 radical (unpaired) electrons. The number of anilines is 1. The first-order chi connectivity index (χ1) is 10.6. The van der Waals surface area contributed by atoms with Gasteiger partial charge in [-0.05, 0) is 12.5 Å². The normalized spacial score (nSPS) is 22.3. The van der Waals surface area contributed by atoms with E-state index in [9.17, 15) is 9.18 Å². The summed E-state index contributed by atoms with van der Waals surface area (Å²) in [4.78, 5) is 15.2. The van der Waals surface area contributed by atoms with Crippen molar-refractivity contribution in [3.63, 3.8) is 0 Å². The van der Waals surface area contributed by atoms with Gasteiger partial charge in [-0.1, -0.05) is 20.8 Å². The van der Waals surface area contributed by atoms with Gasteiger partial charge >= 0.3 is 5.69 Å². The summed E-state index contributed by atoms with van der Waals surface area (Å²) in [6.45, 7) is 5.95. The van der Waals surface area contributed by atoms with E-state index < -0.39 is 5.69 Å². The molecule has 0 saturated carbocycles. The van der Waals surface area contributed by atoms with Gasteiger partial charge in [0.2, 0.25) is 0 Å². The van der Waals surface area contributed by atoms with Crippen molar-refractivity contribution in [3.8, 4) is 0 Å². The van der Waals surface area contributed by atoms with Crippen LogP contribution in [0.3, 0.4) is 0 Å². The lowest BCUT2D eigenvalue weighted by Crippen LogP contribution is -2.29. The Morgan fingerprint density at radius 2 is 2.00 bits per heavy atom. The lowest BCUT2D eigenvalue weighted by atomic mass is 10.1. The molecule has 1 aliphatic rings. The summed E-state index contributed by atoms with van der Waals surface area (Å²) < 4.78 is 16.5. The van der Waals surface area contributed by atoms with Crippen LogP contribution in [0.1, 0.15) is 33.4 Å². The SMILES string of the molecule is CC.CC1CC(CO)OC1n1ccc(N)nc1=O.CF.CO. The number of aliphatic hydroxyl groups is 2. The van der Waals surface area contributed by atoms with Crippen molar-refractivity contribution in [2.45, 2.75) is 39.5 Å². The van der Waals surface area contributed by atoms with Crippen LogP contribution in [0.25, 0.3) is 0 Å². The molecule has 1 aromatic heterocycles. The predicted octanol–water partition coefficient (Wildman–Crippen LogP) is 0.962. The average molecular weight is 321 g/mol. The molecule has 1 fully saturated rings. The van der Waals surface area contributed by atoms with Crippen molar-refractivity contribution < 1.29 is 19.3 Å². The van der Waals surface area contributed by atoms with Gasteiger partial charge in [-0.2, -0.15) is 4.98 Å². The highest BCUT2D eigenvalue weighted by Gasteiger charge is 2.33. The fourth-order valence-electron chi connectivity index (χ4n) is 1.99. The Morgan fingerprint density at radius 3 is 2.41 bits per heavy atom. The molecular weight excluding hydrogens is 293 g/mol. The van der Waals surface area contributed by atoms with Crippen LogP contribution in [0.5, 0.6) is 0 Å². The van der Waals surface area contributed by atoms with Crippen LogP contribution in [0.4, 0.5) is 10.2 Å². The van der Waals surface area contributed by atoms with E-state index in [4.69, 9.17) is 20.7 Å². The molecule has 2 heterocycles. The zero-order chi connectivity index (χ0) is 17.7. The number of nitrogens with zero attached hydrogens (tertiary/aromatic N) is 2. The molecule has 4 N–H and O–H groups in total. The van der Waals surface area contributed by atoms with Gasteiger partial charge in [-0.15, -0.1) is 0 Å². The number of nitrogens with two attached hydrogens (primary N) is 1. The Bertz CT molecular complexity index is 442. The number of aromatic nitrogens is 2. The Kier molecular flexibility index (Phi) is 13.6. The number of alkyl halides is 1. The highest BCUT2D eigenvalue weighted by molar-refractivity contribution is 5.23. The van der Waals surface area contributed by atoms with Crippen LogP contribution in [0.2, 0.25) is 0 Å². The van der Waals surface area contributed by atoms with E-state index in [0.717, 1.165) is 13.5 Å². The molecule has 0 aromatic carbocycles. The number of halogens is 1. The Balaban J connectivity index is 0. The standard InChI is InChI=1S/C10H15N3O3.C2H6.CH3F.CH4O/c1-6-4-7(5-14)16-9(6)13-3-2-8(11)12-10(13)15;3*1-2/h2-3,6-7,9,14H,4-5H2,1H3,(H2,11,12,15);1-2H3;1H3;2H,1H3. The van der Waals surface area contributed by atoms with Gasteiger partial charge in [0.1, 0.15) is 12.0 Å². The van der Waals surface area contributed by atoms with Gasteiger partial charge in [0.15, 0.2) is 0 Å². The van der Waals surface area contributed by atoms with Crippen molar-refractivity contribution in [1.82, 2.24) is 9.55 Å². The van der Waals surface area contributed by atoms with Crippen LogP contribution >= 0.6 is 0 Å². The van der Waals surface area contributed by atoms with Crippen molar-refractivity contribution in [3.05, 3.63) is 22.7 Å². The van der Waals surface area contributed by atoms with Gasteiger partial charge in [-0.25, -0.2) is 4.79 Å². The van der Waals surface area contributed by atoms with Gasteiger partial charge in [0, 0.05) is 19.2 Å². The molecular formula is C14H28FN3O4. The van der Waals surface area contributed by atoms with Crippen LogP contribution in [0, 0.1) is 5.92 Å². The van der Waals surface area contributed by atoms with Crippen LogP contribution in [0.15, 0.2) is 17.1 Å². The highest BCUT2D eigenvalue weighted by Crippen LogP contribution is 2.32. The van der Waals surface area contributed by atoms with E-state index in [0.29, 0.717) is 7.18 Å². The fraction of sp³-hybridized carbons (Fsp3) is 0.714. The number of nitrogen functional groups attached to an aromatic ring is 1. The molecule has 130 valence electrons. The summed E-state index contributed by atoms with van der Waals surface area (Å²) >= 11 is 0. The van der Waals surface area contributed by atoms with Crippen molar-refractivity contribution in [2.24, 2.45) is 5.92 Å². The van der Waals surface area contributed by atoms with E-state index in [1.165, 1.54) is 4.57 Å². The van der Waals surface area contributed by atoms with E-state index in [1.807, 2.05) is 20.8 Å². The predicted molar refractivity (Wildman–Crippen MR) is 84.2 cm³/mol. The molecule has 0 bridgehead atoms. The molecule has 3 unspecified atom stereocenters. The van der Waals surface area contributed by atoms with Gasteiger partial charge in [-0.3, -0.25) is 8.96 Å². The first-order valence-corrected chi connectivity index (χ1v) is 7.05. The Hall–Kier alpha value is -1.51. The molecule has 7 nitrogen and oxygen atoms in total. The second-order valence-electron chi connectivity index (χ2n) is 4.09. The maximum Gasteiger partial charge on any atom is 0.351 e. The van der Waals surface area contributed by atoms with Crippen molar-refractivity contribution >= 4 is 5.82 Å². The monoisotopic (exact) mass is 321 g/mol. The average Bonchev–Trinajstić information content (AvgIpc) is 2.94. The second kappa shape index (κ2) is 13.2. The lowest BCUT2D eigenvalue weighted by molar-refractivity contribution is -0.0335. The van der Waals surface area contributed by atoms with Crippen LogP contribution in [-0.2, 0) is 4.74 Å². The third-order valence-corrected chi connectivity index (χ3v) is 2.78. The largest absolute Gasteiger partial charge is 0.400 e. The molecule has 2 rings (SSSR count). The molecule has 0 aliphatic carbocycles. The smallest absolute Gasteiger partial charge is 0.351 e. The van der Waals surface area contributed by atoms with E-state index in [2.05, 4.69) is 4.98 Å². The van der Waals surface area contributed by atoms with Gasteiger partial charge in [0.25, 0.3) is 0 Å². The second-order valence-corrected chi connectivity index (χ2v) is 4.09. The molecule has 1 aromatic rings. The number of aliphatic hydroxyl groups excluding tert-OH is 2.